The molecular formula is C14H22ClN3O2. The van der Waals surface area contributed by atoms with Gasteiger partial charge in [-0.15, -0.1) is 0 Å². The third-order valence-electron chi connectivity index (χ3n) is 2.86. The number of carbonyl (C=O) groups excluding carboxylic acids is 1. The van der Waals surface area contributed by atoms with Crippen molar-refractivity contribution in [3.63, 3.8) is 0 Å². The molecule has 1 aromatic rings. The minimum Gasteiger partial charge on any atom is -0.393 e. The molecule has 0 bridgehead atoms. The van der Waals surface area contributed by atoms with Crippen molar-refractivity contribution in [2.24, 2.45) is 0 Å². The normalized spacial score (nSPS) is 12.1. The summed E-state index contributed by atoms with van der Waals surface area (Å²) in [4.78, 5) is 17.9. The third kappa shape index (κ3) is 4.98. The lowest BCUT2D eigenvalue weighted by Crippen LogP contribution is -2.29. The van der Waals surface area contributed by atoms with Gasteiger partial charge in [0.2, 0.25) is 0 Å². The van der Waals surface area contributed by atoms with Gasteiger partial charge in [-0.1, -0.05) is 18.5 Å². The number of aliphatic hydroxyl groups is 1. The zero-order chi connectivity index (χ0) is 15.1. The molecule has 1 amide bonds. The van der Waals surface area contributed by atoms with Crippen molar-refractivity contribution in [1.82, 2.24) is 9.88 Å². The first-order valence-corrected chi connectivity index (χ1v) is 7.16. The van der Waals surface area contributed by atoms with Crippen molar-refractivity contribution in [2.45, 2.75) is 32.8 Å². The summed E-state index contributed by atoms with van der Waals surface area (Å²) in [5.74, 6) is 0.443. The van der Waals surface area contributed by atoms with Crippen LogP contribution in [0, 0.1) is 0 Å². The van der Waals surface area contributed by atoms with E-state index in [0.717, 1.165) is 13.0 Å². The fourth-order valence-corrected chi connectivity index (χ4v) is 1.86. The van der Waals surface area contributed by atoms with Crippen molar-refractivity contribution in [2.75, 3.05) is 25.5 Å². The highest BCUT2D eigenvalue weighted by Crippen LogP contribution is 2.20. The molecule has 0 saturated carbocycles. The SMILES string of the molecule is CCCNc1ncc(C(=O)N(C)CCC(C)O)cc1Cl. The number of hydrogen-bond acceptors (Lipinski definition) is 4. The zero-order valence-electron chi connectivity index (χ0n) is 12.2. The van der Waals surface area contributed by atoms with E-state index in [1.807, 2.05) is 0 Å². The first kappa shape index (κ1) is 16.7. The summed E-state index contributed by atoms with van der Waals surface area (Å²) in [5, 5.41) is 12.8. The van der Waals surface area contributed by atoms with E-state index in [4.69, 9.17) is 11.6 Å². The molecule has 112 valence electrons. The Bertz CT molecular complexity index is 452. The summed E-state index contributed by atoms with van der Waals surface area (Å²) >= 11 is 6.11. The Morgan fingerprint density at radius 2 is 2.30 bits per heavy atom. The average Bonchev–Trinajstić information content (AvgIpc) is 2.42. The minimum absolute atomic E-state index is 0.151. The maximum atomic E-state index is 12.2. The van der Waals surface area contributed by atoms with E-state index >= 15 is 0 Å². The van der Waals surface area contributed by atoms with Crippen LogP contribution in [0.2, 0.25) is 5.02 Å². The molecule has 1 unspecified atom stereocenters. The van der Waals surface area contributed by atoms with Crippen LogP contribution in [0.25, 0.3) is 0 Å². The molecule has 1 aromatic heterocycles. The van der Waals surface area contributed by atoms with Crippen molar-refractivity contribution >= 4 is 23.3 Å². The highest BCUT2D eigenvalue weighted by atomic mass is 35.5. The van der Waals surface area contributed by atoms with E-state index in [9.17, 15) is 9.90 Å². The van der Waals surface area contributed by atoms with Gasteiger partial charge < -0.3 is 15.3 Å². The van der Waals surface area contributed by atoms with Gasteiger partial charge in [0, 0.05) is 26.3 Å². The summed E-state index contributed by atoms with van der Waals surface area (Å²) < 4.78 is 0. The number of amides is 1. The maximum Gasteiger partial charge on any atom is 0.255 e. The van der Waals surface area contributed by atoms with Crippen LogP contribution in [-0.2, 0) is 0 Å². The van der Waals surface area contributed by atoms with Crippen molar-refractivity contribution in [3.05, 3.63) is 22.8 Å². The van der Waals surface area contributed by atoms with Crippen LogP contribution in [-0.4, -0.2) is 47.1 Å². The Hall–Kier alpha value is -1.33. The monoisotopic (exact) mass is 299 g/mol. The van der Waals surface area contributed by atoms with E-state index in [0.29, 0.717) is 29.4 Å². The zero-order valence-corrected chi connectivity index (χ0v) is 12.9. The van der Waals surface area contributed by atoms with E-state index in [1.54, 1.807) is 24.9 Å². The summed E-state index contributed by atoms with van der Waals surface area (Å²) in [7, 11) is 1.70. The fourth-order valence-electron chi connectivity index (χ4n) is 1.63. The standard InChI is InChI=1S/C14H22ClN3O2/c1-4-6-16-13-12(15)8-11(9-17-13)14(20)18(3)7-5-10(2)19/h8-10,19H,4-7H2,1-3H3,(H,16,17). The number of aromatic nitrogens is 1. The molecule has 1 rings (SSSR count). The van der Waals surface area contributed by atoms with Crippen LogP contribution in [0.4, 0.5) is 5.82 Å². The third-order valence-corrected chi connectivity index (χ3v) is 3.15. The second kappa shape index (κ2) is 8.07. The van der Waals surface area contributed by atoms with Crippen LogP contribution in [0.3, 0.4) is 0 Å². The minimum atomic E-state index is -0.424. The number of carbonyl (C=O) groups is 1. The van der Waals surface area contributed by atoms with Crippen molar-refractivity contribution in [1.29, 1.82) is 0 Å². The van der Waals surface area contributed by atoms with Crippen LogP contribution in [0.1, 0.15) is 37.0 Å². The first-order chi connectivity index (χ1) is 9.45. The van der Waals surface area contributed by atoms with Crippen LogP contribution in [0.5, 0.6) is 0 Å². The molecule has 5 nitrogen and oxygen atoms in total. The van der Waals surface area contributed by atoms with Crippen LogP contribution >= 0.6 is 11.6 Å². The van der Waals surface area contributed by atoms with E-state index in [1.165, 1.54) is 6.20 Å². The quantitative estimate of drug-likeness (QED) is 0.811. The topological polar surface area (TPSA) is 65.5 Å². The molecule has 0 radical (unpaired) electrons. The molecule has 0 aliphatic carbocycles. The Morgan fingerprint density at radius 1 is 1.60 bits per heavy atom. The second-order valence-electron chi connectivity index (χ2n) is 4.85. The first-order valence-electron chi connectivity index (χ1n) is 6.78. The number of hydrogen-bond donors (Lipinski definition) is 2. The Morgan fingerprint density at radius 3 is 2.85 bits per heavy atom. The molecule has 0 aliphatic heterocycles. The molecule has 0 aliphatic rings. The van der Waals surface area contributed by atoms with Crippen LogP contribution in [0.15, 0.2) is 12.3 Å². The van der Waals surface area contributed by atoms with Gasteiger partial charge in [-0.25, -0.2) is 4.98 Å². The second-order valence-corrected chi connectivity index (χ2v) is 5.25. The van der Waals surface area contributed by atoms with Crippen LogP contribution < -0.4 is 5.32 Å². The van der Waals surface area contributed by atoms with Gasteiger partial charge in [-0.3, -0.25) is 4.79 Å². The highest BCUT2D eigenvalue weighted by molar-refractivity contribution is 6.33. The Kier molecular flexibility index (Phi) is 6.75. The lowest BCUT2D eigenvalue weighted by molar-refractivity contribution is 0.0768. The molecule has 0 fully saturated rings. The molecule has 0 saturated heterocycles. The Labute approximate surface area is 125 Å². The predicted octanol–water partition coefficient (Wildman–Crippen LogP) is 2.40. The number of rotatable bonds is 7. The van der Waals surface area contributed by atoms with Gasteiger partial charge in [0.1, 0.15) is 5.82 Å². The smallest absolute Gasteiger partial charge is 0.255 e. The van der Waals surface area contributed by atoms with Gasteiger partial charge in [0.25, 0.3) is 5.91 Å². The molecule has 1 atom stereocenters. The number of halogens is 1. The lowest BCUT2D eigenvalue weighted by Gasteiger charge is -2.18. The van der Waals surface area contributed by atoms with E-state index in [2.05, 4.69) is 17.2 Å². The predicted molar refractivity (Wildman–Crippen MR) is 81.3 cm³/mol. The van der Waals surface area contributed by atoms with Crippen molar-refractivity contribution < 1.29 is 9.90 Å². The largest absolute Gasteiger partial charge is 0.393 e. The highest BCUT2D eigenvalue weighted by Gasteiger charge is 2.14. The molecular weight excluding hydrogens is 278 g/mol. The van der Waals surface area contributed by atoms with E-state index < -0.39 is 6.10 Å². The fraction of sp³-hybridized carbons (Fsp3) is 0.571. The molecule has 0 aromatic carbocycles. The lowest BCUT2D eigenvalue weighted by atomic mass is 10.2. The number of aliphatic hydroxyl groups excluding tert-OH is 1. The summed E-state index contributed by atoms with van der Waals surface area (Å²) in [6.45, 7) is 5.03. The van der Waals surface area contributed by atoms with Gasteiger partial charge in [0.05, 0.1) is 16.7 Å². The number of anilines is 1. The van der Waals surface area contributed by atoms with Gasteiger partial charge >= 0.3 is 0 Å². The summed E-state index contributed by atoms with van der Waals surface area (Å²) in [6, 6.07) is 1.62. The number of nitrogens with zero attached hydrogens (tertiary/aromatic N) is 2. The molecule has 2 N–H and O–H groups in total. The summed E-state index contributed by atoms with van der Waals surface area (Å²) in [5.41, 5.74) is 0.449. The molecule has 0 spiro atoms. The summed E-state index contributed by atoms with van der Waals surface area (Å²) in [6.07, 6.45) is 2.61. The van der Waals surface area contributed by atoms with E-state index in [-0.39, 0.29) is 5.91 Å². The average molecular weight is 300 g/mol. The number of pyridine rings is 1. The molecule has 20 heavy (non-hydrogen) atoms. The van der Waals surface area contributed by atoms with Gasteiger partial charge in [-0.05, 0) is 25.8 Å². The maximum absolute atomic E-state index is 12.2. The van der Waals surface area contributed by atoms with Gasteiger partial charge in [-0.2, -0.15) is 0 Å². The molecule has 6 heteroatoms. The Balaban J connectivity index is 2.71. The van der Waals surface area contributed by atoms with Crippen molar-refractivity contribution in [3.8, 4) is 0 Å². The molecule has 1 heterocycles. The number of nitrogens with one attached hydrogen (secondary N) is 1. The van der Waals surface area contributed by atoms with Gasteiger partial charge in [0.15, 0.2) is 0 Å².